The highest BCUT2D eigenvalue weighted by molar-refractivity contribution is 6.34. The molecular weight excluding hydrogens is 286 g/mol. The zero-order chi connectivity index (χ0) is 14.8. The molecule has 0 saturated carbocycles. The van der Waals surface area contributed by atoms with Gasteiger partial charge in [-0.15, -0.1) is 0 Å². The van der Waals surface area contributed by atoms with Crippen LogP contribution in [0, 0.1) is 0 Å². The molecule has 0 unspecified atom stereocenters. The van der Waals surface area contributed by atoms with Crippen LogP contribution in [0.5, 0.6) is 0 Å². The second-order valence-corrected chi connectivity index (χ2v) is 5.18. The maximum Gasteiger partial charge on any atom is 0.250 e. The number of hydrogen-bond acceptors (Lipinski definition) is 2. The van der Waals surface area contributed by atoms with Gasteiger partial charge < -0.3 is 16.0 Å². The number of primary amides is 1. The molecule has 3 rings (SSSR count). The lowest BCUT2D eigenvalue weighted by Crippen LogP contribution is -2.11. The first kappa shape index (κ1) is 13.5. The topological polar surface area (TPSA) is 70.9 Å². The molecule has 4 N–H and O–H groups in total. The van der Waals surface area contributed by atoms with Crippen LogP contribution in [0.3, 0.4) is 0 Å². The summed E-state index contributed by atoms with van der Waals surface area (Å²) in [5, 5.41) is 4.84. The van der Waals surface area contributed by atoms with Crippen molar-refractivity contribution >= 4 is 34.1 Å². The average Bonchev–Trinajstić information content (AvgIpc) is 2.93. The Labute approximate surface area is 126 Å². The lowest BCUT2D eigenvalue weighted by Gasteiger charge is -2.09. The summed E-state index contributed by atoms with van der Waals surface area (Å²) in [6.07, 6.45) is 1.92. The third-order valence-electron chi connectivity index (χ3n) is 3.40. The van der Waals surface area contributed by atoms with Crippen molar-refractivity contribution in [2.75, 3.05) is 5.32 Å². The monoisotopic (exact) mass is 299 g/mol. The summed E-state index contributed by atoms with van der Waals surface area (Å²) in [7, 11) is 0. The molecule has 2 aromatic carbocycles. The highest BCUT2D eigenvalue weighted by Gasteiger charge is 2.07. The summed E-state index contributed by atoms with van der Waals surface area (Å²) in [6.45, 7) is 0.668. The van der Waals surface area contributed by atoms with Crippen LogP contribution in [0.15, 0.2) is 48.7 Å². The van der Waals surface area contributed by atoms with E-state index < -0.39 is 5.91 Å². The fourth-order valence-corrected chi connectivity index (χ4v) is 2.60. The second kappa shape index (κ2) is 5.50. The lowest BCUT2D eigenvalue weighted by atomic mass is 10.1. The van der Waals surface area contributed by atoms with E-state index in [1.807, 2.05) is 18.3 Å². The number of fused-ring (bicyclic) bond motifs is 1. The number of aromatic nitrogens is 1. The summed E-state index contributed by atoms with van der Waals surface area (Å²) in [6, 6.07) is 13.3. The van der Waals surface area contributed by atoms with Gasteiger partial charge in [0.15, 0.2) is 0 Å². The average molecular weight is 300 g/mol. The largest absolute Gasteiger partial charge is 0.381 e. The molecule has 0 aliphatic heterocycles. The molecule has 1 heterocycles. The maximum absolute atomic E-state index is 11.1. The van der Waals surface area contributed by atoms with Gasteiger partial charge in [0.2, 0.25) is 5.91 Å². The van der Waals surface area contributed by atoms with Gasteiger partial charge in [0.05, 0.1) is 10.6 Å². The molecule has 21 heavy (non-hydrogen) atoms. The predicted octanol–water partition coefficient (Wildman–Crippen LogP) is 3.53. The Morgan fingerprint density at radius 1 is 1.24 bits per heavy atom. The molecule has 0 spiro atoms. The zero-order valence-electron chi connectivity index (χ0n) is 11.2. The van der Waals surface area contributed by atoms with E-state index in [1.54, 1.807) is 18.2 Å². The van der Waals surface area contributed by atoms with Crippen molar-refractivity contribution in [3.63, 3.8) is 0 Å². The number of benzene rings is 2. The van der Waals surface area contributed by atoms with Gasteiger partial charge in [-0.2, -0.15) is 0 Å². The van der Waals surface area contributed by atoms with E-state index in [-0.39, 0.29) is 0 Å². The predicted molar refractivity (Wildman–Crippen MR) is 85.6 cm³/mol. The van der Waals surface area contributed by atoms with Crippen molar-refractivity contribution in [1.82, 2.24) is 4.98 Å². The number of H-pyrrole nitrogens is 1. The molecule has 0 saturated heterocycles. The van der Waals surface area contributed by atoms with Crippen LogP contribution in [0.4, 0.5) is 5.69 Å². The van der Waals surface area contributed by atoms with E-state index in [1.165, 1.54) is 10.9 Å². The van der Waals surface area contributed by atoms with E-state index in [0.29, 0.717) is 17.1 Å². The van der Waals surface area contributed by atoms with Gasteiger partial charge in [0.1, 0.15) is 0 Å². The van der Waals surface area contributed by atoms with Gasteiger partial charge in [-0.1, -0.05) is 23.7 Å². The van der Waals surface area contributed by atoms with Crippen LogP contribution in [-0.2, 0) is 6.54 Å². The number of hydrogen-bond donors (Lipinski definition) is 3. The Bertz CT molecular complexity index is 810. The Morgan fingerprint density at radius 2 is 2.10 bits per heavy atom. The molecule has 0 fully saturated rings. The SMILES string of the molecule is NC(=O)c1ccc(NCc2cccc3[nH]ccc23)cc1Cl. The molecule has 0 radical (unpaired) electrons. The third kappa shape index (κ3) is 2.71. The molecule has 0 aliphatic carbocycles. The number of carbonyl (C=O) groups is 1. The number of amides is 1. The minimum atomic E-state index is -0.524. The molecule has 3 aromatic rings. The summed E-state index contributed by atoms with van der Waals surface area (Å²) in [5.41, 5.74) is 8.70. The first-order chi connectivity index (χ1) is 10.1. The van der Waals surface area contributed by atoms with E-state index in [4.69, 9.17) is 17.3 Å². The number of rotatable bonds is 4. The van der Waals surface area contributed by atoms with Crippen molar-refractivity contribution in [2.24, 2.45) is 5.73 Å². The third-order valence-corrected chi connectivity index (χ3v) is 3.72. The Balaban J connectivity index is 1.80. The minimum Gasteiger partial charge on any atom is -0.381 e. The molecule has 1 amide bonds. The van der Waals surface area contributed by atoms with Gasteiger partial charge in [-0.3, -0.25) is 4.79 Å². The maximum atomic E-state index is 11.1. The lowest BCUT2D eigenvalue weighted by molar-refractivity contribution is 0.100. The number of anilines is 1. The Morgan fingerprint density at radius 3 is 2.86 bits per heavy atom. The van der Waals surface area contributed by atoms with Gasteiger partial charge >= 0.3 is 0 Å². The van der Waals surface area contributed by atoms with Gasteiger partial charge in [-0.05, 0) is 35.9 Å². The van der Waals surface area contributed by atoms with Crippen LogP contribution in [0.2, 0.25) is 5.02 Å². The molecule has 4 nitrogen and oxygen atoms in total. The van der Waals surface area contributed by atoms with Gasteiger partial charge in [0.25, 0.3) is 0 Å². The Hall–Kier alpha value is -2.46. The standard InChI is InChI=1S/C16H14ClN3O/c17-14-8-11(4-5-13(14)16(18)21)20-9-10-2-1-3-15-12(10)6-7-19-15/h1-8,19-20H,9H2,(H2,18,21). The summed E-state index contributed by atoms with van der Waals surface area (Å²) in [4.78, 5) is 14.3. The first-order valence-corrected chi connectivity index (χ1v) is 6.91. The van der Waals surface area contributed by atoms with E-state index >= 15 is 0 Å². The number of halogens is 1. The highest BCUT2D eigenvalue weighted by atomic mass is 35.5. The summed E-state index contributed by atoms with van der Waals surface area (Å²) < 4.78 is 0. The van der Waals surface area contributed by atoms with E-state index in [0.717, 1.165) is 11.2 Å². The van der Waals surface area contributed by atoms with Crippen molar-refractivity contribution < 1.29 is 4.79 Å². The fraction of sp³-hybridized carbons (Fsp3) is 0.0625. The molecule has 1 aromatic heterocycles. The second-order valence-electron chi connectivity index (χ2n) is 4.77. The molecule has 0 aliphatic rings. The number of nitrogens with two attached hydrogens (primary N) is 1. The number of aromatic amines is 1. The first-order valence-electron chi connectivity index (χ1n) is 6.53. The molecular formula is C16H14ClN3O. The summed E-state index contributed by atoms with van der Waals surface area (Å²) >= 11 is 6.04. The minimum absolute atomic E-state index is 0.329. The van der Waals surface area contributed by atoms with Crippen molar-refractivity contribution in [3.8, 4) is 0 Å². The smallest absolute Gasteiger partial charge is 0.250 e. The molecule has 5 heteroatoms. The van der Waals surface area contributed by atoms with Crippen LogP contribution in [0.1, 0.15) is 15.9 Å². The van der Waals surface area contributed by atoms with Crippen molar-refractivity contribution in [2.45, 2.75) is 6.54 Å². The van der Waals surface area contributed by atoms with Gasteiger partial charge in [0, 0.05) is 29.3 Å². The van der Waals surface area contributed by atoms with Crippen LogP contribution in [0.25, 0.3) is 10.9 Å². The van der Waals surface area contributed by atoms with Gasteiger partial charge in [-0.25, -0.2) is 0 Å². The van der Waals surface area contributed by atoms with E-state index in [9.17, 15) is 4.79 Å². The zero-order valence-corrected chi connectivity index (χ0v) is 11.9. The Kier molecular flexibility index (Phi) is 3.54. The number of nitrogens with one attached hydrogen (secondary N) is 2. The number of carbonyl (C=O) groups excluding carboxylic acids is 1. The van der Waals surface area contributed by atoms with Crippen molar-refractivity contribution in [1.29, 1.82) is 0 Å². The van der Waals surface area contributed by atoms with Crippen molar-refractivity contribution in [3.05, 3.63) is 64.8 Å². The molecule has 106 valence electrons. The van der Waals surface area contributed by atoms with Crippen LogP contribution < -0.4 is 11.1 Å². The quantitative estimate of drug-likeness (QED) is 0.689. The van der Waals surface area contributed by atoms with E-state index in [2.05, 4.69) is 22.4 Å². The molecule has 0 atom stereocenters. The summed E-state index contributed by atoms with van der Waals surface area (Å²) in [5.74, 6) is -0.524. The normalized spacial score (nSPS) is 10.7. The highest BCUT2D eigenvalue weighted by Crippen LogP contribution is 2.22. The van der Waals surface area contributed by atoms with Crippen LogP contribution >= 0.6 is 11.6 Å². The molecule has 0 bridgehead atoms. The van der Waals surface area contributed by atoms with Crippen LogP contribution in [-0.4, -0.2) is 10.9 Å². The fourth-order valence-electron chi connectivity index (χ4n) is 2.33.